The maximum absolute atomic E-state index is 10.3. The second kappa shape index (κ2) is 9.06. The van der Waals surface area contributed by atoms with Crippen molar-refractivity contribution in [2.24, 2.45) is 0 Å². The van der Waals surface area contributed by atoms with Crippen molar-refractivity contribution in [3.05, 3.63) is 30.3 Å². The lowest BCUT2D eigenvalue weighted by atomic mass is 10.3. The van der Waals surface area contributed by atoms with Crippen molar-refractivity contribution in [2.45, 2.75) is 26.7 Å². The largest absolute Gasteiger partial charge is 0.508 e. The summed E-state index contributed by atoms with van der Waals surface area (Å²) in [6.45, 7) is 4.33. The predicted molar refractivity (Wildman–Crippen MR) is 59.6 cm³/mol. The number of aromatic hydroxyl groups is 1. The fourth-order valence-corrected chi connectivity index (χ4v) is 0.746. The predicted octanol–water partition coefficient (Wildman–Crippen LogP) is 2.74. The molecule has 0 saturated heterocycles. The molecule has 0 bridgehead atoms. The van der Waals surface area contributed by atoms with Crippen LogP contribution < -0.4 is 0 Å². The summed E-state index contributed by atoms with van der Waals surface area (Å²) >= 11 is 0. The number of hydrogen-bond donors (Lipinski definition) is 1. The van der Waals surface area contributed by atoms with Gasteiger partial charge in [-0.3, -0.25) is 4.79 Å². The van der Waals surface area contributed by atoms with E-state index in [4.69, 9.17) is 9.84 Å². The molecule has 1 rings (SSSR count). The van der Waals surface area contributed by atoms with Gasteiger partial charge in [0, 0.05) is 6.42 Å². The Labute approximate surface area is 90.7 Å². The van der Waals surface area contributed by atoms with E-state index in [0.717, 1.165) is 6.42 Å². The molecule has 1 N–H and O–H groups in total. The number of para-hydroxylation sites is 1. The SMILES string of the molecule is CCCOC(=O)CC.Oc1ccccc1. The van der Waals surface area contributed by atoms with Crippen LogP contribution in [0.2, 0.25) is 0 Å². The normalized spacial score (nSPS) is 8.67. The number of ether oxygens (including phenoxy) is 1. The van der Waals surface area contributed by atoms with Crippen molar-refractivity contribution in [2.75, 3.05) is 6.61 Å². The third-order valence-electron chi connectivity index (χ3n) is 1.51. The van der Waals surface area contributed by atoms with Crippen LogP contribution in [0.1, 0.15) is 26.7 Å². The number of benzene rings is 1. The number of phenols is 1. The van der Waals surface area contributed by atoms with Crippen molar-refractivity contribution in [1.29, 1.82) is 0 Å². The van der Waals surface area contributed by atoms with Crippen LogP contribution in [0.5, 0.6) is 5.75 Å². The van der Waals surface area contributed by atoms with Gasteiger partial charge in [0.05, 0.1) is 6.61 Å². The highest BCUT2D eigenvalue weighted by Gasteiger charge is 1.93. The Morgan fingerprint density at radius 2 is 1.87 bits per heavy atom. The fraction of sp³-hybridized carbons (Fsp3) is 0.417. The average molecular weight is 210 g/mol. The maximum atomic E-state index is 10.3. The smallest absolute Gasteiger partial charge is 0.305 e. The summed E-state index contributed by atoms with van der Waals surface area (Å²) in [5.41, 5.74) is 0. The van der Waals surface area contributed by atoms with E-state index in [1.165, 1.54) is 0 Å². The standard InChI is InChI=1S/C6H12O2.C6H6O/c1-3-5-8-6(7)4-2;7-6-4-2-1-3-5-6/h3-5H2,1-2H3;1-5,7H. The number of esters is 1. The number of carbonyl (C=O) groups is 1. The summed E-state index contributed by atoms with van der Waals surface area (Å²) in [5, 5.41) is 8.63. The van der Waals surface area contributed by atoms with Gasteiger partial charge in [-0.1, -0.05) is 32.0 Å². The molecule has 84 valence electrons. The van der Waals surface area contributed by atoms with Crippen LogP contribution in [-0.4, -0.2) is 17.7 Å². The van der Waals surface area contributed by atoms with E-state index in [1.54, 1.807) is 31.2 Å². The van der Waals surface area contributed by atoms with Crippen molar-refractivity contribution >= 4 is 5.97 Å². The molecule has 3 heteroatoms. The van der Waals surface area contributed by atoms with E-state index in [9.17, 15) is 4.79 Å². The van der Waals surface area contributed by atoms with Gasteiger partial charge >= 0.3 is 5.97 Å². The minimum Gasteiger partial charge on any atom is -0.508 e. The zero-order chi connectivity index (χ0) is 11.5. The minimum atomic E-state index is -0.105. The zero-order valence-electron chi connectivity index (χ0n) is 9.27. The van der Waals surface area contributed by atoms with Gasteiger partial charge in [0.1, 0.15) is 5.75 Å². The summed E-state index contributed by atoms with van der Waals surface area (Å²) in [6.07, 6.45) is 1.39. The van der Waals surface area contributed by atoms with Gasteiger partial charge in [0.25, 0.3) is 0 Å². The van der Waals surface area contributed by atoms with Crippen LogP contribution in [0, 0.1) is 0 Å². The quantitative estimate of drug-likeness (QED) is 0.780. The first-order valence-electron chi connectivity index (χ1n) is 5.10. The van der Waals surface area contributed by atoms with Crippen LogP contribution in [-0.2, 0) is 9.53 Å². The molecule has 0 aromatic heterocycles. The topological polar surface area (TPSA) is 46.5 Å². The van der Waals surface area contributed by atoms with Gasteiger partial charge in [0.2, 0.25) is 0 Å². The Kier molecular flexibility index (Phi) is 8.15. The van der Waals surface area contributed by atoms with E-state index >= 15 is 0 Å². The molecule has 0 unspecified atom stereocenters. The fourth-order valence-electron chi connectivity index (χ4n) is 0.746. The molecule has 0 aliphatic heterocycles. The van der Waals surface area contributed by atoms with Gasteiger partial charge in [0.15, 0.2) is 0 Å². The molecule has 0 atom stereocenters. The monoisotopic (exact) mass is 210 g/mol. The Hall–Kier alpha value is -1.51. The van der Waals surface area contributed by atoms with Crippen molar-refractivity contribution < 1.29 is 14.6 Å². The number of rotatable bonds is 3. The van der Waals surface area contributed by atoms with E-state index < -0.39 is 0 Å². The molecule has 0 heterocycles. The highest BCUT2D eigenvalue weighted by Crippen LogP contribution is 2.02. The third kappa shape index (κ3) is 8.81. The first kappa shape index (κ1) is 13.5. The van der Waals surface area contributed by atoms with E-state index in [2.05, 4.69) is 0 Å². The van der Waals surface area contributed by atoms with E-state index in [0.29, 0.717) is 18.8 Å². The molecule has 15 heavy (non-hydrogen) atoms. The average Bonchev–Trinajstić information content (AvgIpc) is 2.28. The summed E-state index contributed by atoms with van der Waals surface area (Å²) in [7, 11) is 0. The highest BCUT2D eigenvalue weighted by atomic mass is 16.5. The molecule has 0 saturated carbocycles. The molecule has 0 aliphatic carbocycles. The van der Waals surface area contributed by atoms with Gasteiger partial charge < -0.3 is 9.84 Å². The van der Waals surface area contributed by atoms with E-state index in [-0.39, 0.29) is 5.97 Å². The number of phenolic OH excluding ortho intramolecular Hbond substituents is 1. The molecular formula is C12H18O3. The second-order valence-electron chi connectivity index (χ2n) is 2.91. The molecule has 0 spiro atoms. The second-order valence-corrected chi connectivity index (χ2v) is 2.91. The number of hydrogen-bond acceptors (Lipinski definition) is 3. The van der Waals surface area contributed by atoms with Crippen molar-refractivity contribution in [3.63, 3.8) is 0 Å². The first-order chi connectivity index (χ1) is 7.20. The lowest BCUT2D eigenvalue weighted by Crippen LogP contribution is -2.02. The summed E-state index contributed by atoms with van der Waals surface area (Å²) in [4.78, 5) is 10.3. The van der Waals surface area contributed by atoms with Gasteiger partial charge in [-0.2, -0.15) is 0 Å². The van der Waals surface area contributed by atoms with Crippen LogP contribution >= 0.6 is 0 Å². The lowest BCUT2D eigenvalue weighted by Gasteiger charge is -1.97. The van der Waals surface area contributed by atoms with Crippen molar-refractivity contribution in [1.82, 2.24) is 0 Å². The van der Waals surface area contributed by atoms with Crippen LogP contribution in [0.3, 0.4) is 0 Å². The molecule has 1 aromatic rings. The molecular weight excluding hydrogens is 192 g/mol. The minimum absolute atomic E-state index is 0.105. The van der Waals surface area contributed by atoms with Gasteiger partial charge in [-0.05, 0) is 18.6 Å². The molecule has 0 radical (unpaired) electrons. The molecule has 3 nitrogen and oxygen atoms in total. The summed E-state index contributed by atoms with van der Waals surface area (Å²) in [6, 6.07) is 8.71. The first-order valence-corrected chi connectivity index (χ1v) is 5.10. The Morgan fingerprint density at radius 3 is 2.20 bits per heavy atom. The van der Waals surface area contributed by atoms with E-state index in [1.807, 2.05) is 13.0 Å². The van der Waals surface area contributed by atoms with Gasteiger partial charge in [-0.25, -0.2) is 0 Å². The highest BCUT2D eigenvalue weighted by molar-refractivity contribution is 5.68. The van der Waals surface area contributed by atoms with Gasteiger partial charge in [-0.15, -0.1) is 0 Å². The Balaban J connectivity index is 0.000000262. The summed E-state index contributed by atoms with van der Waals surface area (Å²) in [5.74, 6) is 0.217. The van der Waals surface area contributed by atoms with Crippen LogP contribution in [0.15, 0.2) is 30.3 Å². The molecule has 0 aliphatic rings. The Morgan fingerprint density at radius 1 is 1.27 bits per heavy atom. The number of carbonyl (C=O) groups excluding carboxylic acids is 1. The maximum Gasteiger partial charge on any atom is 0.305 e. The Bertz CT molecular complexity index is 257. The molecule has 0 amide bonds. The van der Waals surface area contributed by atoms with Crippen LogP contribution in [0.4, 0.5) is 0 Å². The third-order valence-corrected chi connectivity index (χ3v) is 1.51. The lowest BCUT2D eigenvalue weighted by molar-refractivity contribution is -0.143. The summed E-state index contributed by atoms with van der Waals surface area (Å²) < 4.78 is 4.70. The molecule has 0 fully saturated rings. The van der Waals surface area contributed by atoms with Crippen LogP contribution in [0.25, 0.3) is 0 Å². The zero-order valence-corrected chi connectivity index (χ0v) is 9.27. The van der Waals surface area contributed by atoms with Crippen molar-refractivity contribution in [3.8, 4) is 5.75 Å². The molecule has 1 aromatic carbocycles.